The largest absolute Gasteiger partial charge is 0.471 e. The van der Waals surface area contributed by atoms with Gasteiger partial charge in [0.05, 0.1) is 4.92 Å². The van der Waals surface area contributed by atoms with Crippen LogP contribution < -0.4 is 5.32 Å². The van der Waals surface area contributed by atoms with Gasteiger partial charge in [-0.1, -0.05) is 12.1 Å². The highest BCUT2D eigenvalue weighted by Crippen LogP contribution is 2.21. The molecule has 0 saturated carbocycles. The van der Waals surface area contributed by atoms with Crippen LogP contribution >= 0.6 is 0 Å². The molecule has 14 heavy (non-hydrogen) atoms. The van der Waals surface area contributed by atoms with Gasteiger partial charge in [0.25, 0.3) is 5.69 Å². The predicted octanol–water partition coefficient (Wildman–Crippen LogP) is 1.47. The molecular formula is C9H8N2O3. The molecule has 5 heteroatoms. The number of nitro groups is 1. The Balaban J connectivity index is 2.34. The van der Waals surface area contributed by atoms with Crippen LogP contribution in [-0.2, 0) is 4.74 Å². The zero-order chi connectivity index (χ0) is 9.97. The Kier molecular flexibility index (Phi) is 2.06. The summed E-state index contributed by atoms with van der Waals surface area (Å²) in [5.74, 6) is 0.633. The average Bonchev–Trinajstić information content (AvgIpc) is 2.71. The van der Waals surface area contributed by atoms with Gasteiger partial charge in [-0.25, -0.2) is 0 Å². The molecule has 0 unspecified atom stereocenters. The second-order valence-electron chi connectivity index (χ2n) is 2.81. The van der Waals surface area contributed by atoms with Crippen LogP contribution in [0.4, 0.5) is 5.69 Å². The number of hydrogen-bond donors (Lipinski definition) is 1. The van der Waals surface area contributed by atoms with Crippen molar-refractivity contribution in [1.29, 1.82) is 0 Å². The molecule has 0 aliphatic carbocycles. The quantitative estimate of drug-likeness (QED) is 0.569. The minimum absolute atomic E-state index is 0.0684. The van der Waals surface area contributed by atoms with Crippen LogP contribution in [-0.4, -0.2) is 11.7 Å². The van der Waals surface area contributed by atoms with Crippen molar-refractivity contribution in [1.82, 2.24) is 5.32 Å². The highest BCUT2D eigenvalue weighted by molar-refractivity contribution is 5.62. The monoisotopic (exact) mass is 192 g/mol. The molecule has 0 spiro atoms. The van der Waals surface area contributed by atoms with Crippen LogP contribution in [0.15, 0.2) is 30.5 Å². The molecule has 2 rings (SSSR count). The lowest BCUT2D eigenvalue weighted by Gasteiger charge is -2.01. The normalized spacial score (nSPS) is 14.1. The second kappa shape index (κ2) is 3.37. The standard InChI is InChI=1S/C9H8N2O3/c12-11(13)8-3-1-2-7(4-8)9-5-10-6-14-9/h1-5,10H,6H2. The molecule has 72 valence electrons. The van der Waals surface area contributed by atoms with E-state index in [-0.39, 0.29) is 5.69 Å². The number of nitro benzene ring substituents is 1. The van der Waals surface area contributed by atoms with E-state index in [1.54, 1.807) is 18.3 Å². The Bertz CT molecular complexity index is 401. The Hall–Kier alpha value is -2.04. The van der Waals surface area contributed by atoms with Gasteiger partial charge in [-0.05, 0) is 0 Å². The maximum atomic E-state index is 10.5. The number of non-ortho nitro benzene ring substituents is 1. The third-order valence-corrected chi connectivity index (χ3v) is 1.89. The molecular weight excluding hydrogens is 184 g/mol. The molecule has 5 nitrogen and oxygen atoms in total. The van der Waals surface area contributed by atoms with E-state index in [4.69, 9.17) is 4.74 Å². The van der Waals surface area contributed by atoms with E-state index in [9.17, 15) is 10.1 Å². The molecule has 1 aromatic carbocycles. The Morgan fingerprint density at radius 3 is 3.00 bits per heavy atom. The van der Waals surface area contributed by atoms with Crippen LogP contribution in [0.1, 0.15) is 5.56 Å². The minimum Gasteiger partial charge on any atom is -0.471 e. The van der Waals surface area contributed by atoms with Gasteiger partial charge in [-0.2, -0.15) is 0 Å². The van der Waals surface area contributed by atoms with Crippen molar-refractivity contribution in [2.75, 3.05) is 6.73 Å². The lowest BCUT2D eigenvalue weighted by Crippen LogP contribution is -1.98. The van der Waals surface area contributed by atoms with E-state index in [0.29, 0.717) is 18.1 Å². The summed E-state index contributed by atoms with van der Waals surface area (Å²) < 4.78 is 5.20. The first-order valence-corrected chi connectivity index (χ1v) is 4.08. The summed E-state index contributed by atoms with van der Waals surface area (Å²) >= 11 is 0. The molecule has 1 aliphatic rings. The van der Waals surface area contributed by atoms with Gasteiger partial charge in [0.2, 0.25) is 0 Å². The summed E-state index contributed by atoms with van der Waals surface area (Å²) in [6.45, 7) is 0.415. The summed E-state index contributed by atoms with van der Waals surface area (Å²) in [5, 5.41) is 13.4. The van der Waals surface area contributed by atoms with E-state index < -0.39 is 4.92 Å². The van der Waals surface area contributed by atoms with Crippen LogP contribution in [0.5, 0.6) is 0 Å². The molecule has 1 aliphatic heterocycles. The topological polar surface area (TPSA) is 64.4 Å². The Morgan fingerprint density at radius 2 is 2.36 bits per heavy atom. The SMILES string of the molecule is O=[N+]([O-])c1cccc(C2=CNCO2)c1. The van der Waals surface area contributed by atoms with E-state index in [2.05, 4.69) is 5.32 Å². The van der Waals surface area contributed by atoms with E-state index in [1.807, 2.05) is 0 Å². The van der Waals surface area contributed by atoms with Gasteiger partial charge in [-0.15, -0.1) is 0 Å². The number of rotatable bonds is 2. The molecule has 1 aromatic rings. The Labute approximate surface area is 80.1 Å². The van der Waals surface area contributed by atoms with Crippen molar-refractivity contribution < 1.29 is 9.66 Å². The van der Waals surface area contributed by atoms with Crippen LogP contribution in [0.25, 0.3) is 5.76 Å². The van der Waals surface area contributed by atoms with Crippen molar-refractivity contribution in [3.8, 4) is 0 Å². The van der Waals surface area contributed by atoms with E-state index in [0.717, 1.165) is 0 Å². The van der Waals surface area contributed by atoms with Crippen molar-refractivity contribution >= 4 is 11.4 Å². The zero-order valence-corrected chi connectivity index (χ0v) is 7.27. The maximum Gasteiger partial charge on any atom is 0.270 e. The van der Waals surface area contributed by atoms with Gasteiger partial charge >= 0.3 is 0 Å². The third kappa shape index (κ3) is 1.52. The molecule has 0 atom stereocenters. The van der Waals surface area contributed by atoms with Gasteiger partial charge in [0.15, 0.2) is 6.73 Å². The first kappa shape index (κ1) is 8.55. The van der Waals surface area contributed by atoms with Crippen molar-refractivity contribution in [3.63, 3.8) is 0 Å². The molecule has 1 heterocycles. The molecule has 1 N–H and O–H groups in total. The fourth-order valence-corrected chi connectivity index (χ4v) is 1.23. The van der Waals surface area contributed by atoms with Gasteiger partial charge < -0.3 is 10.1 Å². The highest BCUT2D eigenvalue weighted by atomic mass is 16.6. The third-order valence-electron chi connectivity index (χ3n) is 1.89. The maximum absolute atomic E-state index is 10.5. The summed E-state index contributed by atoms with van der Waals surface area (Å²) in [7, 11) is 0. The molecule has 0 bridgehead atoms. The average molecular weight is 192 g/mol. The summed E-state index contributed by atoms with van der Waals surface area (Å²) in [4.78, 5) is 10.1. The smallest absolute Gasteiger partial charge is 0.270 e. The van der Waals surface area contributed by atoms with Crippen molar-refractivity contribution in [2.24, 2.45) is 0 Å². The van der Waals surface area contributed by atoms with Crippen LogP contribution in [0.3, 0.4) is 0 Å². The molecule has 0 saturated heterocycles. The number of benzene rings is 1. The van der Waals surface area contributed by atoms with Crippen molar-refractivity contribution in [3.05, 3.63) is 46.1 Å². The van der Waals surface area contributed by atoms with E-state index in [1.165, 1.54) is 12.1 Å². The first-order chi connectivity index (χ1) is 6.77. The number of nitrogens with one attached hydrogen (secondary N) is 1. The van der Waals surface area contributed by atoms with Gasteiger partial charge in [0.1, 0.15) is 5.76 Å². The first-order valence-electron chi connectivity index (χ1n) is 4.08. The second-order valence-corrected chi connectivity index (χ2v) is 2.81. The summed E-state index contributed by atoms with van der Waals surface area (Å²) in [6, 6.07) is 6.34. The molecule has 0 fully saturated rings. The fraction of sp³-hybridized carbons (Fsp3) is 0.111. The number of ether oxygens (including phenoxy) is 1. The number of hydrogen-bond acceptors (Lipinski definition) is 4. The van der Waals surface area contributed by atoms with Crippen LogP contribution in [0, 0.1) is 10.1 Å². The lowest BCUT2D eigenvalue weighted by atomic mass is 10.2. The summed E-state index contributed by atoms with van der Waals surface area (Å²) in [6.07, 6.45) is 1.69. The highest BCUT2D eigenvalue weighted by Gasteiger charge is 2.11. The summed E-state index contributed by atoms with van der Waals surface area (Å²) in [5.41, 5.74) is 0.781. The predicted molar refractivity (Wildman–Crippen MR) is 50.2 cm³/mol. The van der Waals surface area contributed by atoms with Gasteiger partial charge in [-0.3, -0.25) is 10.1 Å². The van der Waals surface area contributed by atoms with E-state index >= 15 is 0 Å². The van der Waals surface area contributed by atoms with Crippen LogP contribution in [0.2, 0.25) is 0 Å². The Morgan fingerprint density at radius 1 is 1.50 bits per heavy atom. The molecule has 0 aromatic heterocycles. The molecule has 0 radical (unpaired) electrons. The fourth-order valence-electron chi connectivity index (χ4n) is 1.23. The lowest BCUT2D eigenvalue weighted by molar-refractivity contribution is -0.384. The van der Waals surface area contributed by atoms with Crippen molar-refractivity contribution in [2.45, 2.75) is 0 Å². The zero-order valence-electron chi connectivity index (χ0n) is 7.27. The minimum atomic E-state index is -0.424. The number of nitrogens with zero attached hydrogens (tertiary/aromatic N) is 1. The molecule has 0 amide bonds. The van der Waals surface area contributed by atoms with Gasteiger partial charge in [0, 0.05) is 23.9 Å².